The number of halogens is 2. The molecule has 0 bridgehead atoms. The first-order valence-electron chi connectivity index (χ1n) is 6.32. The number of ether oxygens (including phenoxy) is 1. The highest BCUT2D eigenvalue weighted by Gasteiger charge is 2.32. The molecule has 21 heavy (non-hydrogen) atoms. The summed E-state index contributed by atoms with van der Waals surface area (Å²) in [7, 11) is -1.43. The fourth-order valence-electron chi connectivity index (χ4n) is 2.10. The Morgan fingerprint density at radius 1 is 1.38 bits per heavy atom. The molecule has 0 aromatic heterocycles. The highest BCUT2D eigenvalue weighted by molar-refractivity contribution is 7.91. The number of hydrogen-bond acceptors (Lipinski definition) is 4. The second-order valence-corrected chi connectivity index (χ2v) is 7.97. The number of carbonyl (C=O) groups is 1. The van der Waals surface area contributed by atoms with Gasteiger partial charge in [-0.3, -0.25) is 4.79 Å². The third-order valence-corrected chi connectivity index (χ3v) is 5.89. The zero-order valence-corrected chi connectivity index (χ0v) is 13.7. The van der Waals surface area contributed by atoms with Crippen LogP contribution in [0.25, 0.3) is 0 Å². The van der Waals surface area contributed by atoms with Crippen molar-refractivity contribution in [2.75, 3.05) is 25.2 Å². The first-order valence-corrected chi connectivity index (χ1v) is 8.90. The number of sulfone groups is 1. The molecule has 8 heteroatoms. The van der Waals surface area contributed by atoms with Crippen LogP contribution in [0.15, 0.2) is 18.2 Å². The third kappa shape index (κ3) is 4.25. The van der Waals surface area contributed by atoms with E-state index in [0.717, 1.165) is 0 Å². The number of amides is 1. The van der Waals surface area contributed by atoms with Crippen LogP contribution in [0.3, 0.4) is 0 Å². The van der Waals surface area contributed by atoms with E-state index in [1.807, 2.05) is 0 Å². The first kappa shape index (κ1) is 16.4. The van der Waals surface area contributed by atoms with Crippen molar-refractivity contribution in [3.63, 3.8) is 0 Å². The lowest BCUT2D eigenvalue weighted by molar-refractivity contribution is -0.133. The fourth-order valence-corrected chi connectivity index (χ4v) is 4.16. The van der Waals surface area contributed by atoms with Crippen LogP contribution in [-0.4, -0.2) is 50.4 Å². The molecule has 1 atom stereocenters. The molecule has 116 valence electrons. The molecule has 0 spiro atoms. The van der Waals surface area contributed by atoms with Crippen LogP contribution < -0.4 is 4.74 Å². The van der Waals surface area contributed by atoms with Gasteiger partial charge in [-0.25, -0.2) is 8.42 Å². The lowest BCUT2D eigenvalue weighted by Crippen LogP contribution is -2.40. The standard InChI is InChI=1S/C13H15Cl2NO4S/c1-16(9-4-5-21(18,19)8-9)13(17)7-20-10-2-3-11(14)12(15)6-10/h2-3,6,9H,4-5,7-8H2,1H3/t9-/m1/s1. The Labute approximate surface area is 133 Å². The van der Waals surface area contributed by atoms with Gasteiger partial charge in [-0.2, -0.15) is 0 Å². The van der Waals surface area contributed by atoms with Crippen LogP contribution in [0, 0.1) is 0 Å². The Morgan fingerprint density at radius 2 is 2.10 bits per heavy atom. The van der Waals surface area contributed by atoms with Gasteiger partial charge < -0.3 is 9.64 Å². The van der Waals surface area contributed by atoms with Crippen molar-refractivity contribution in [2.24, 2.45) is 0 Å². The van der Waals surface area contributed by atoms with Crippen molar-refractivity contribution in [2.45, 2.75) is 12.5 Å². The van der Waals surface area contributed by atoms with Crippen LogP contribution in [0.1, 0.15) is 6.42 Å². The van der Waals surface area contributed by atoms with E-state index in [-0.39, 0.29) is 30.1 Å². The van der Waals surface area contributed by atoms with Gasteiger partial charge in [-0.15, -0.1) is 0 Å². The van der Waals surface area contributed by atoms with Gasteiger partial charge in [0, 0.05) is 19.2 Å². The number of rotatable bonds is 4. The minimum atomic E-state index is -3.02. The van der Waals surface area contributed by atoms with Crippen molar-refractivity contribution in [3.8, 4) is 5.75 Å². The van der Waals surface area contributed by atoms with Gasteiger partial charge in [0.05, 0.1) is 21.6 Å². The van der Waals surface area contributed by atoms with E-state index in [1.165, 1.54) is 11.0 Å². The quantitative estimate of drug-likeness (QED) is 0.832. The molecule has 1 amide bonds. The highest BCUT2D eigenvalue weighted by Crippen LogP contribution is 2.26. The summed E-state index contributed by atoms with van der Waals surface area (Å²) in [5, 5.41) is 0.750. The van der Waals surface area contributed by atoms with E-state index in [2.05, 4.69) is 0 Å². The largest absolute Gasteiger partial charge is 0.484 e. The van der Waals surface area contributed by atoms with E-state index in [1.54, 1.807) is 19.2 Å². The van der Waals surface area contributed by atoms with Crippen LogP contribution in [0.5, 0.6) is 5.75 Å². The predicted octanol–water partition coefficient (Wildman–Crippen LogP) is 2.02. The second kappa shape index (κ2) is 6.42. The number of hydrogen-bond donors (Lipinski definition) is 0. The van der Waals surface area contributed by atoms with Crippen molar-refractivity contribution in [1.29, 1.82) is 0 Å². The SMILES string of the molecule is CN(C(=O)COc1ccc(Cl)c(Cl)c1)[C@@H]1CCS(=O)(=O)C1. The van der Waals surface area contributed by atoms with Crippen molar-refractivity contribution in [1.82, 2.24) is 4.90 Å². The number of likely N-dealkylation sites (N-methyl/N-ethyl adjacent to an activating group) is 1. The zero-order chi connectivity index (χ0) is 15.6. The maximum absolute atomic E-state index is 12.0. The molecule has 1 aliphatic rings. The first-order chi connectivity index (χ1) is 9.78. The van der Waals surface area contributed by atoms with Crippen molar-refractivity contribution < 1.29 is 17.9 Å². The minimum Gasteiger partial charge on any atom is -0.484 e. The molecule has 1 fully saturated rings. The molecule has 0 unspecified atom stereocenters. The van der Waals surface area contributed by atoms with Crippen molar-refractivity contribution >= 4 is 38.9 Å². The lowest BCUT2D eigenvalue weighted by atomic mass is 10.2. The Hall–Kier alpha value is -0.980. The molecule has 1 aliphatic heterocycles. The summed E-state index contributed by atoms with van der Waals surface area (Å²) in [6.07, 6.45) is 0.470. The molecule has 1 heterocycles. The molecule has 5 nitrogen and oxygen atoms in total. The fraction of sp³-hybridized carbons (Fsp3) is 0.462. The van der Waals surface area contributed by atoms with Gasteiger partial charge >= 0.3 is 0 Å². The van der Waals surface area contributed by atoms with Gasteiger partial charge in [-0.1, -0.05) is 23.2 Å². The van der Waals surface area contributed by atoms with E-state index in [9.17, 15) is 13.2 Å². The molecule has 0 aliphatic carbocycles. The summed E-state index contributed by atoms with van der Waals surface area (Å²) in [5.74, 6) is 0.304. The summed E-state index contributed by atoms with van der Waals surface area (Å²) < 4.78 is 28.2. The number of nitrogens with zero attached hydrogens (tertiary/aromatic N) is 1. The van der Waals surface area contributed by atoms with E-state index in [0.29, 0.717) is 22.2 Å². The normalized spacial score (nSPS) is 20.2. The lowest BCUT2D eigenvalue weighted by Gasteiger charge is -2.23. The maximum atomic E-state index is 12.0. The Balaban J connectivity index is 1.91. The van der Waals surface area contributed by atoms with E-state index >= 15 is 0 Å². The van der Waals surface area contributed by atoms with Crippen LogP contribution in [0.4, 0.5) is 0 Å². The Bertz CT molecular complexity index is 648. The molecule has 1 aromatic rings. The summed E-state index contributed by atoms with van der Waals surface area (Å²) in [6.45, 7) is -0.176. The molecule has 0 radical (unpaired) electrons. The van der Waals surface area contributed by atoms with Gasteiger partial charge in [-0.05, 0) is 18.6 Å². The molecule has 1 aromatic carbocycles. The Kier molecular flexibility index (Phi) is 5.01. The molecular formula is C13H15Cl2NO4S. The van der Waals surface area contributed by atoms with Crippen LogP contribution >= 0.6 is 23.2 Å². The maximum Gasteiger partial charge on any atom is 0.260 e. The summed E-state index contributed by atoms with van der Waals surface area (Å²) in [4.78, 5) is 13.4. The molecule has 0 N–H and O–H groups in total. The average Bonchev–Trinajstić information content (AvgIpc) is 2.79. The van der Waals surface area contributed by atoms with Crippen LogP contribution in [-0.2, 0) is 14.6 Å². The smallest absolute Gasteiger partial charge is 0.260 e. The van der Waals surface area contributed by atoms with Crippen molar-refractivity contribution in [3.05, 3.63) is 28.2 Å². The van der Waals surface area contributed by atoms with Gasteiger partial charge in [0.2, 0.25) is 0 Å². The minimum absolute atomic E-state index is 0.0159. The van der Waals surface area contributed by atoms with E-state index < -0.39 is 9.84 Å². The van der Waals surface area contributed by atoms with Gasteiger partial charge in [0.1, 0.15) is 5.75 Å². The summed E-state index contributed by atoms with van der Waals surface area (Å²) >= 11 is 11.6. The average molecular weight is 352 g/mol. The molecule has 1 saturated heterocycles. The van der Waals surface area contributed by atoms with Gasteiger partial charge in [0.15, 0.2) is 16.4 Å². The summed E-state index contributed by atoms with van der Waals surface area (Å²) in [6, 6.07) is 4.44. The van der Waals surface area contributed by atoms with Gasteiger partial charge in [0.25, 0.3) is 5.91 Å². The van der Waals surface area contributed by atoms with E-state index in [4.69, 9.17) is 27.9 Å². The van der Waals surface area contributed by atoms with Crippen LogP contribution in [0.2, 0.25) is 10.0 Å². The number of benzene rings is 1. The third-order valence-electron chi connectivity index (χ3n) is 3.40. The molecule has 2 rings (SSSR count). The molecule has 0 saturated carbocycles. The number of carbonyl (C=O) groups excluding carboxylic acids is 1. The zero-order valence-electron chi connectivity index (χ0n) is 11.4. The predicted molar refractivity (Wildman–Crippen MR) is 81.8 cm³/mol. The molecular weight excluding hydrogens is 337 g/mol. The monoisotopic (exact) mass is 351 g/mol. The second-order valence-electron chi connectivity index (χ2n) is 4.93. The topological polar surface area (TPSA) is 63.7 Å². The Morgan fingerprint density at radius 3 is 2.67 bits per heavy atom. The highest BCUT2D eigenvalue weighted by atomic mass is 35.5. The summed E-state index contributed by atoms with van der Waals surface area (Å²) in [5.41, 5.74) is 0.